The molecule has 1 aliphatic rings. The minimum Gasteiger partial charge on any atom is -0.471 e. The van der Waals surface area contributed by atoms with Crippen LogP contribution in [0.15, 0.2) is 30.5 Å². The van der Waals surface area contributed by atoms with Crippen molar-refractivity contribution in [2.24, 2.45) is 0 Å². The molecule has 9 heteroatoms. The second kappa shape index (κ2) is 9.08. The number of halogens is 2. The van der Waals surface area contributed by atoms with Crippen LogP contribution in [0, 0.1) is 23.0 Å². The zero-order valence-electron chi connectivity index (χ0n) is 17.5. The molecule has 1 aromatic heterocycles. The highest BCUT2D eigenvalue weighted by atomic mass is 19.1. The summed E-state index contributed by atoms with van der Waals surface area (Å²) in [5, 5.41) is 8.80. The zero-order chi connectivity index (χ0) is 22.6. The molecule has 0 unspecified atom stereocenters. The SMILES string of the molecule is CC(C)(C)OC(=O)N1CC=C(c2ncc(F)c(OCc3ccc(C#N)cc3F)n2)CC1. The summed E-state index contributed by atoms with van der Waals surface area (Å²) in [6.45, 7) is 5.87. The first-order valence-corrected chi connectivity index (χ1v) is 9.67. The molecule has 0 bridgehead atoms. The van der Waals surface area contributed by atoms with Crippen molar-refractivity contribution in [3.63, 3.8) is 0 Å². The van der Waals surface area contributed by atoms with Crippen LogP contribution in [-0.2, 0) is 11.3 Å². The number of rotatable bonds is 4. The molecular formula is C22H22F2N4O3. The summed E-state index contributed by atoms with van der Waals surface area (Å²) in [6.07, 6.45) is 2.84. The van der Waals surface area contributed by atoms with Gasteiger partial charge in [0.05, 0.1) is 17.8 Å². The summed E-state index contributed by atoms with van der Waals surface area (Å²) in [5.41, 5.74) is 0.515. The van der Waals surface area contributed by atoms with Crippen molar-refractivity contribution in [2.45, 2.75) is 39.4 Å². The van der Waals surface area contributed by atoms with Gasteiger partial charge in [-0.15, -0.1) is 0 Å². The Bertz CT molecular complexity index is 1060. The van der Waals surface area contributed by atoms with Crippen LogP contribution in [0.2, 0.25) is 0 Å². The number of hydrogen-bond acceptors (Lipinski definition) is 6. The molecule has 31 heavy (non-hydrogen) atoms. The lowest BCUT2D eigenvalue weighted by molar-refractivity contribution is 0.0270. The highest BCUT2D eigenvalue weighted by Gasteiger charge is 2.25. The number of amides is 1. The molecule has 1 amide bonds. The number of carbonyl (C=O) groups is 1. The van der Waals surface area contributed by atoms with Crippen LogP contribution in [0.3, 0.4) is 0 Å². The number of nitrogens with zero attached hydrogens (tertiary/aromatic N) is 4. The molecule has 0 N–H and O–H groups in total. The number of hydrogen-bond donors (Lipinski definition) is 0. The average molecular weight is 428 g/mol. The first-order valence-electron chi connectivity index (χ1n) is 9.67. The maximum atomic E-state index is 14.1. The summed E-state index contributed by atoms with van der Waals surface area (Å²) in [6, 6.07) is 5.79. The number of aromatic nitrogens is 2. The maximum Gasteiger partial charge on any atom is 0.410 e. The third kappa shape index (κ3) is 5.75. The van der Waals surface area contributed by atoms with E-state index in [0.29, 0.717) is 19.5 Å². The summed E-state index contributed by atoms with van der Waals surface area (Å²) in [5.74, 6) is -1.42. The van der Waals surface area contributed by atoms with Crippen molar-refractivity contribution in [3.05, 3.63) is 59.1 Å². The Morgan fingerprint density at radius 2 is 2.06 bits per heavy atom. The lowest BCUT2D eigenvalue weighted by Gasteiger charge is -2.29. The topological polar surface area (TPSA) is 88.3 Å². The van der Waals surface area contributed by atoms with Crippen molar-refractivity contribution >= 4 is 11.7 Å². The van der Waals surface area contributed by atoms with Crippen molar-refractivity contribution < 1.29 is 23.0 Å². The van der Waals surface area contributed by atoms with Crippen LogP contribution in [-0.4, -0.2) is 39.7 Å². The molecular weight excluding hydrogens is 406 g/mol. The molecule has 7 nitrogen and oxygen atoms in total. The molecule has 0 fully saturated rings. The van der Waals surface area contributed by atoms with Gasteiger partial charge >= 0.3 is 6.09 Å². The van der Waals surface area contributed by atoms with Crippen molar-refractivity contribution in [1.29, 1.82) is 5.26 Å². The highest BCUT2D eigenvalue weighted by molar-refractivity contribution is 5.71. The van der Waals surface area contributed by atoms with Gasteiger partial charge in [0.15, 0.2) is 5.82 Å². The highest BCUT2D eigenvalue weighted by Crippen LogP contribution is 2.24. The van der Waals surface area contributed by atoms with E-state index in [0.717, 1.165) is 17.8 Å². The van der Waals surface area contributed by atoms with Crippen LogP contribution in [0.5, 0.6) is 5.88 Å². The molecule has 2 heterocycles. The van der Waals surface area contributed by atoms with Crippen LogP contribution >= 0.6 is 0 Å². The quantitative estimate of drug-likeness (QED) is 0.724. The van der Waals surface area contributed by atoms with Gasteiger partial charge in [0, 0.05) is 18.7 Å². The van der Waals surface area contributed by atoms with Gasteiger partial charge in [-0.3, -0.25) is 0 Å². The number of ether oxygens (including phenoxy) is 2. The third-order valence-electron chi connectivity index (χ3n) is 4.41. The minimum absolute atomic E-state index is 0.170. The normalized spacial score (nSPS) is 13.9. The predicted molar refractivity (Wildman–Crippen MR) is 108 cm³/mol. The monoisotopic (exact) mass is 428 g/mol. The lowest BCUT2D eigenvalue weighted by atomic mass is 10.1. The van der Waals surface area contributed by atoms with E-state index in [2.05, 4.69) is 9.97 Å². The first kappa shape index (κ1) is 22.2. The van der Waals surface area contributed by atoms with Gasteiger partial charge in [-0.1, -0.05) is 12.1 Å². The standard InChI is InChI=1S/C22H22F2N4O3/c1-22(2,3)31-21(29)28-8-6-15(7-9-28)19-26-12-18(24)20(27-19)30-13-16-5-4-14(11-25)10-17(16)23/h4-6,10,12H,7-9,13H2,1-3H3. The van der Waals surface area contributed by atoms with Crippen LogP contribution in [0.1, 0.15) is 44.1 Å². The van der Waals surface area contributed by atoms with Crippen molar-refractivity contribution in [1.82, 2.24) is 14.9 Å². The maximum absolute atomic E-state index is 14.1. The molecule has 0 saturated heterocycles. The Morgan fingerprint density at radius 1 is 1.29 bits per heavy atom. The molecule has 3 rings (SSSR count). The molecule has 0 atom stereocenters. The van der Waals surface area contributed by atoms with E-state index >= 15 is 0 Å². The number of nitriles is 1. The molecule has 1 aromatic carbocycles. The van der Waals surface area contributed by atoms with E-state index in [4.69, 9.17) is 14.7 Å². The Labute approximate surface area is 178 Å². The second-order valence-electron chi connectivity index (χ2n) is 7.96. The fraction of sp³-hybridized carbons (Fsp3) is 0.364. The van der Waals surface area contributed by atoms with E-state index in [-0.39, 0.29) is 29.4 Å². The predicted octanol–water partition coefficient (Wildman–Crippen LogP) is 4.23. The molecule has 0 spiro atoms. The van der Waals surface area contributed by atoms with E-state index < -0.39 is 23.3 Å². The average Bonchev–Trinajstić information content (AvgIpc) is 2.72. The molecule has 0 saturated carbocycles. The summed E-state index contributed by atoms with van der Waals surface area (Å²) >= 11 is 0. The van der Waals surface area contributed by atoms with Crippen molar-refractivity contribution in [2.75, 3.05) is 13.1 Å². The van der Waals surface area contributed by atoms with E-state index in [1.54, 1.807) is 31.7 Å². The summed E-state index contributed by atoms with van der Waals surface area (Å²) in [4.78, 5) is 21.9. The van der Waals surface area contributed by atoms with Gasteiger partial charge in [-0.2, -0.15) is 14.6 Å². The fourth-order valence-electron chi connectivity index (χ4n) is 2.85. The van der Waals surface area contributed by atoms with Crippen LogP contribution in [0.25, 0.3) is 5.57 Å². The third-order valence-corrected chi connectivity index (χ3v) is 4.41. The van der Waals surface area contributed by atoms with Gasteiger partial charge in [0.2, 0.25) is 5.82 Å². The second-order valence-corrected chi connectivity index (χ2v) is 7.96. The van der Waals surface area contributed by atoms with Gasteiger partial charge in [-0.05, 0) is 44.9 Å². The fourth-order valence-corrected chi connectivity index (χ4v) is 2.85. The van der Waals surface area contributed by atoms with Crippen molar-refractivity contribution in [3.8, 4) is 11.9 Å². The number of carbonyl (C=O) groups excluding carboxylic acids is 1. The van der Waals surface area contributed by atoms with Crippen LogP contribution < -0.4 is 4.74 Å². The molecule has 0 aliphatic carbocycles. The zero-order valence-corrected chi connectivity index (χ0v) is 17.5. The van der Waals surface area contributed by atoms with Gasteiger partial charge in [0.25, 0.3) is 5.88 Å². The molecule has 0 radical (unpaired) electrons. The molecule has 2 aromatic rings. The van der Waals surface area contributed by atoms with Crippen LogP contribution in [0.4, 0.5) is 13.6 Å². The van der Waals surface area contributed by atoms with E-state index in [1.165, 1.54) is 12.1 Å². The lowest BCUT2D eigenvalue weighted by Crippen LogP contribution is -2.39. The van der Waals surface area contributed by atoms with Gasteiger partial charge < -0.3 is 14.4 Å². The Hall–Kier alpha value is -3.54. The largest absolute Gasteiger partial charge is 0.471 e. The first-order chi connectivity index (χ1) is 14.7. The van der Waals surface area contributed by atoms with Gasteiger partial charge in [-0.25, -0.2) is 14.2 Å². The summed E-state index contributed by atoms with van der Waals surface area (Å²) < 4.78 is 38.8. The molecule has 1 aliphatic heterocycles. The minimum atomic E-state index is -0.774. The van der Waals surface area contributed by atoms with Gasteiger partial charge in [0.1, 0.15) is 18.0 Å². The Balaban J connectivity index is 1.69. The smallest absolute Gasteiger partial charge is 0.410 e. The Morgan fingerprint density at radius 3 is 2.68 bits per heavy atom. The van der Waals surface area contributed by atoms with E-state index in [1.807, 2.05) is 6.07 Å². The van der Waals surface area contributed by atoms with E-state index in [9.17, 15) is 13.6 Å². The summed E-state index contributed by atoms with van der Waals surface area (Å²) in [7, 11) is 0. The number of benzene rings is 1. The molecule has 162 valence electrons. The Kier molecular flexibility index (Phi) is 6.49.